The highest BCUT2D eigenvalue weighted by Crippen LogP contribution is 2.36. The molecule has 3 rings (SSSR count). The Kier molecular flexibility index (Phi) is 8.41. The zero-order valence-corrected chi connectivity index (χ0v) is 17.6. The summed E-state index contributed by atoms with van der Waals surface area (Å²) >= 11 is 2.05. The molecule has 1 aliphatic heterocycles. The van der Waals surface area contributed by atoms with Crippen molar-refractivity contribution in [2.75, 3.05) is 18.1 Å². The number of oxime groups is 1. The number of hydrogen-bond acceptors (Lipinski definition) is 4. The van der Waals surface area contributed by atoms with Crippen LogP contribution in [0.15, 0.2) is 59.3 Å². The van der Waals surface area contributed by atoms with Crippen LogP contribution in [0.4, 0.5) is 0 Å². The molecule has 1 aromatic rings. The standard InChI is InChI=1S/C24H31NO2S/c1-19(25-27-14-6-5-10-20-8-3-2-4-9-20)16-22-13-12-21(17-24(22)26)23-11-7-15-28-18-23/h2-6,8-9,13,21,23H,7,10-12,14-18H2,1H3. The van der Waals surface area contributed by atoms with Crippen LogP contribution in [0.2, 0.25) is 0 Å². The Morgan fingerprint density at radius 3 is 2.86 bits per heavy atom. The number of nitrogens with zero attached hydrogens (tertiary/aromatic N) is 1. The number of hydrogen-bond donors (Lipinski definition) is 0. The van der Waals surface area contributed by atoms with Crippen molar-refractivity contribution >= 4 is 23.3 Å². The molecule has 0 N–H and O–H groups in total. The van der Waals surface area contributed by atoms with Crippen molar-refractivity contribution in [3.05, 3.63) is 59.7 Å². The summed E-state index contributed by atoms with van der Waals surface area (Å²) in [5, 5.41) is 4.18. The molecule has 1 heterocycles. The van der Waals surface area contributed by atoms with E-state index >= 15 is 0 Å². The van der Waals surface area contributed by atoms with Crippen LogP contribution in [0.3, 0.4) is 0 Å². The first-order valence-electron chi connectivity index (χ1n) is 10.4. The minimum absolute atomic E-state index is 0.309. The molecule has 2 atom stereocenters. The monoisotopic (exact) mass is 397 g/mol. The number of allylic oxidation sites excluding steroid dienone is 3. The summed E-state index contributed by atoms with van der Waals surface area (Å²) in [7, 11) is 0. The van der Waals surface area contributed by atoms with Crippen LogP contribution in [0, 0.1) is 11.8 Å². The van der Waals surface area contributed by atoms with Crippen molar-refractivity contribution in [2.45, 2.75) is 45.4 Å². The maximum atomic E-state index is 12.6. The van der Waals surface area contributed by atoms with Crippen molar-refractivity contribution in [3.8, 4) is 0 Å². The second-order valence-electron chi connectivity index (χ2n) is 7.79. The molecule has 2 unspecified atom stereocenters. The van der Waals surface area contributed by atoms with Gasteiger partial charge in [-0.05, 0) is 73.2 Å². The molecule has 1 saturated heterocycles. The van der Waals surface area contributed by atoms with Crippen LogP contribution < -0.4 is 0 Å². The van der Waals surface area contributed by atoms with Gasteiger partial charge in [0.25, 0.3) is 0 Å². The van der Waals surface area contributed by atoms with E-state index in [1.165, 1.54) is 29.9 Å². The molecule has 0 bridgehead atoms. The second kappa shape index (κ2) is 11.3. The maximum Gasteiger partial charge on any atom is 0.159 e. The molecule has 28 heavy (non-hydrogen) atoms. The molecule has 0 radical (unpaired) electrons. The first kappa shape index (κ1) is 20.9. The number of thioether (sulfide) groups is 1. The largest absolute Gasteiger partial charge is 0.392 e. The Labute approximate surface area is 173 Å². The average Bonchev–Trinajstić information content (AvgIpc) is 2.73. The van der Waals surface area contributed by atoms with E-state index in [2.05, 4.69) is 29.4 Å². The number of ketones is 1. The molecular formula is C24H31NO2S. The molecule has 0 spiro atoms. The van der Waals surface area contributed by atoms with Gasteiger partial charge in [0.1, 0.15) is 6.61 Å². The molecule has 1 aliphatic carbocycles. The summed E-state index contributed by atoms with van der Waals surface area (Å²) in [5.41, 5.74) is 3.07. The Hall–Kier alpha value is -1.81. The topological polar surface area (TPSA) is 38.7 Å². The predicted octanol–water partition coefficient (Wildman–Crippen LogP) is 5.62. The average molecular weight is 398 g/mol. The molecule has 4 heteroatoms. The summed E-state index contributed by atoms with van der Waals surface area (Å²) < 4.78 is 0. The molecule has 0 amide bonds. The molecule has 150 valence electrons. The number of benzene rings is 1. The highest BCUT2D eigenvalue weighted by Gasteiger charge is 2.29. The summed E-state index contributed by atoms with van der Waals surface area (Å²) in [6.45, 7) is 2.39. The first-order chi connectivity index (χ1) is 13.7. The van der Waals surface area contributed by atoms with Crippen LogP contribution in [-0.4, -0.2) is 29.6 Å². The van der Waals surface area contributed by atoms with Gasteiger partial charge in [0.15, 0.2) is 5.78 Å². The van der Waals surface area contributed by atoms with Crippen molar-refractivity contribution in [1.82, 2.24) is 0 Å². The lowest BCUT2D eigenvalue weighted by atomic mass is 9.78. The van der Waals surface area contributed by atoms with Gasteiger partial charge >= 0.3 is 0 Å². The van der Waals surface area contributed by atoms with E-state index in [-0.39, 0.29) is 0 Å². The van der Waals surface area contributed by atoms with Gasteiger partial charge in [0.2, 0.25) is 0 Å². The smallest absolute Gasteiger partial charge is 0.159 e. The highest BCUT2D eigenvalue weighted by atomic mass is 32.2. The van der Waals surface area contributed by atoms with Crippen LogP contribution >= 0.6 is 11.8 Å². The van der Waals surface area contributed by atoms with Crippen molar-refractivity contribution in [1.29, 1.82) is 0 Å². The maximum absolute atomic E-state index is 12.6. The minimum atomic E-state index is 0.309. The van der Waals surface area contributed by atoms with E-state index in [9.17, 15) is 4.79 Å². The second-order valence-corrected chi connectivity index (χ2v) is 8.94. The molecule has 0 saturated carbocycles. The van der Waals surface area contributed by atoms with Gasteiger partial charge < -0.3 is 4.84 Å². The van der Waals surface area contributed by atoms with Crippen LogP contribution in [0.1, 0.15) is 44.6 Å². The molecular weight excluding hydrogens is 366 g/mol. The number of rotatable bonds is 8. The van der Waals surface area contributed by atoms with Crippen molar-refractivity contribution in [3.63, 3.8) is 0 Å². The third kappa shape index (κ3) is 6.66. The van der Waals surface area contributed by atoms with E-state index in [1.54, 1.807) is 0 Å². The zero-order valence-electron chi connectivity index (χ0n) is 16.8. The van der Waals surface area contributed by atoms with Crippen molar-refractivity contribution < 1.29 is 9.63 Å². The quantitative estimate of drug-likeness (QED) is 0.247. The fourth-order valence-electron chi connectivity index (χ4n) is 3.93. The normalized spacial score (nSPS) is 23.7. The number of Topliss-reactive ketones (excluding diaryl/α,β-unsaturated/α-hetero) is 1. The molecule has 1 fully saturated rings. The molecule has 1 aromatic carbocycles. The summed E-state index contributed by atoms with van der Waals surface area (Å²) in [6, 6.07) is 10.3. The molecule has 2 aliphatic rings. The van der Waals surface area contributed by atoms with Crippen LogP contribution in [0.5, 0.6) is 0 Å². The predicted molar refractivity (Wildman–Crippen MR) is 119 cm³/mol. The highest BCUT2D eigenvalue weighted by molar-refractivity contribution is 7.99. The Morgan fingerprint density at radius 1 is 1.25 bits per heavy atom. The van der Waals surface area contributed by atoms with Gasteiger partial charge in [-0.15, -0.1) is 0 Å². The number of carbonyl (C=O) groups excluding carboxylic acids is 1. The third-order valence-corrected chi connectivity index (χ3v) is 6.78. The molecule has 0 aromatic heterocycles. The van der Waals surface area contributed by atoms with Crippen LogP contribution in [-0.2, 0) is 16.1 Å². The molecule has 3 nitrogen and oxygen atoms in total. The van der Waals surface area contributed by atoms with E-state index in [0.717, 1.165) is 30.0 Å². The van der Waals surface area contributed by atoms with E-state index in [0.29, 0.717) is 31.1 Å². The Balaban J connectivity index is 1.39. The Morgan fingerprint density at radius 2 is 2.11 bits per heavy atom. The summed E-state index contributed by atoms with van der Waals surface area (Å²) in [4.78, 5) is 17.9. The van der Waals surface area contributed by atoms with Crippen LogP contribution in [0.25, 0.3) is 0 Å². The van der Waals surface area contributed by atoms with E-state index < -0.39 is 0 Å². The van der Waals surface area contributed by atoms with Gasteiger partial charge in [-0.2, -0.15) is 11.8 Å². The van der Waals surface area contributed by atoms with Gasteiger partial charge in [-0.3, -0.25) is 4.79 Å². The van der Waals surface area contributed by atoms with Gasteiger partial charge in [0, 0.05) is 12.8 Å². The fraction of sp³-hybridized carbons (Fsp3) is 0.500. The number of carbonyl (C=O) groups is 1. The lowest BCUT2D eigenvalue weighted by molar-refractivity contribution is -0.117. The lowest BCUT2D eigenvalue weighted by Crippen LogP contribution is -2.26. The minimum Gasteiger partial charge on any atom is -0.392 e. The van der Waals surface area contributed by atoms with Gasteiger partial charge in [0.05, 0.1) is 5.71 Å². The van der Waals surface area contributed by atoms with E-state index in [1.807, 2.05) is 43.0 Å². The SMILES string of the molecule is CC(CC1=CCC(C2CCCSC2)CC1=O)=NOCC=CCc1ccccc1. The fourth-order valence-corrected chi connectivity index (χ4v) is 5.21. The summed E-state index contributed by atoms with van der Waals surface area (Å²) in [6.07, 6.45) is 12.1. The zero-order chi connectivity index (χ0) is 19.6. The van der Waals surface area contributed by atoms with Crippen molar-refractivity contribution in [2.24, 2.45) is 17.0 Å². The van der Waals surface area contributed by atoms with E-state index in [4.69, 9.17) is 4.84 Å². The lowest BCUT2D eigenvalue weighted by Gasteiger charge is -2.31. The van der Waals surface area contributed by atoms with Gasteiger partial charge in [-0.1, -0.05) is 47.6 Å². The Bertz CT molecular complexity index is 717. The van der Waals surface area contributed by atoms with Gasteiger partial charge in [-0.25, -0.2) is 0 Å². The third-order valence-electron chi connectivity index (χ3n) is 5.54. The summed E-state index contributed by atoms with van der Waals surface area (Å²) in [5.74, 6) is 4.10. The first-order valence-corrected chi connectivity index (χ1v) is 11.5.